The topological polar surface area (TPSA) is 99.2 Å². The Labute approximate surface area is 88.4 Å². The first-order valence-corrected chi connectivity index (χ1v) is 4.96. The second kappa shape index (κ2) is 4.97. The number of β-amino-alcohol motifs (C(OH)–C–C–N with tert-alkyl or cyclic N) is 1. The van der Waals surface area contributed by atoms with E-state index >= 15 is 0 Å². The standard InChI is InChI=1S/C9H17N3O3/c1-6-2-3-12(5-7(6)13)9(14)4-8(10)11-15/h6-7,13,15H,2-5H2,1H3,(H2,10,11). The highest BCUT2D eigenvalue weighted by Crippen LogP contribution is 2.17. The molecule has 86 valence electrons. The summed E-state index contributed by atoms with van der Waals surface area (Å²) in [4.78, 5) is 13.1. The van der Waals surface area contributed by atoms with Crippen molar-refractivity contribution in [1.29, 1.82) is 0 Å². The highest BCUT2D eigenvalue weighted by Gasteiger charge is 2.27. The average molecular weight is 215 g/mol. The van der Waals surface area contributed by atoms with Gasteiger partial charge in [-0.25, -0.2) is 0 Å². The van der Waals surface area contributed by atoms with Crippen molar-refractivity contribution in [2.45, 2.75) is 25.9 Å². The molecule has 1 aliphatic heterocycles. The fourth-order valence-electron chi connectivity index (χ4n) is 1.58. The summed E-state index contributed by atoms with van der Waals surface area (Å²) in [6.07, 6.45) is 0.204. The molecule has 1 amide bonds. The minimum atomic E-state index is -0.477. The van der Waals surface area contributed by atoms with Crippen LogP contribution in [-0.4, -0.2) is 46.1 Å². The lowest BCUT2D eigenvalue weighted by Crippen LogP contribution is -2.46. The number of aliphatic hydroxyl groups is 1. The molecule has 6 nitrogen and oxygen atoms in total. The van der Waals surface area contributed by atoms with Gasteiger partial charge in [0.2, 0.25) is 5.91 Å². The van der Waals surface area contributed by atoms with Crippen molar-refractivity contribution >= 4 is 11.7 Å². The van der Waals surface area contributed by atoms with Crippen LogP contribution in [0.5, 0.6) is 0 Å². The van der Waals surface area contributed by atoms with Gasteiger partial charge in [0.25, 0.3) is 0 Å². The third-order valence-electron chi connectivity index (χ3n) is 2.73. The molecule has 15 heavy (non-hydrogen) atoms. The Morgan fingerprint density at radius 1 is 1.67 bits per heavy atom. The van der Waals surface area contributed by atoms with Crippen LogP contribution in [0.2, 0.25) is 0 Å². The number of amides is 1. The van der Waals surface area contributed by atoms with E-state index in [-0.39, 0.29) is 24.1 Å². The molecular weight excluding hydrogens is 198 g/mol. The zero-order chi connectivity index (χ0) is 11.4. The van der Waals surface area contributed by atoms with Crippen molar-refractivity contribution in [1.82, 2.24) is 4.90 Å². The Kier molecular flexibility index (Phi) is 3.90. The van der Waals surface area contributed by atoms with Crippen molar-refractivity contribution in [3.63, 3.8) is 0 Å². The van der Waals surface area contributed by atoms with Crippen molar-refractivity contribution in [3.8, 4) is 0 Å². The number of carbonyl (C=O) groups excluding carboxylic acids is 1. The minimum Gasteiger partial charge on any atom is -0.409 e. The number of nitrogens with two attached hydrogens (primary N) is 1. The molecule has 0 aromatic rings. The molecule has 1 heterocycles. The number of likely N-dealkylation sites (tertiary alicyclic amines) is 1. The summed E-state index contributed by atoms with van der Waals surface area (Å²) in [6, 6.07) is 0. The van der Waals surface area contributed by atoms with E-state index in [1.54, 1.807) is 4.90 Å². The molecular formula is C9H17N3O3. The maximum Gasteiger partial charge on any atom is 0.230 e. The van der Waals surface area contributed by atoms with Crippen LogP contribution in [0, 0.1) is 5.92 Å². The maximum absolute atomic E-state index is 11.6. The number of oxime groups is 1. The van der Waals surface area contributed by atoms with Gasteiger partial charge in [0.15, 0.2) is 0 Å². The molecule has 2 unspecified atom stereocenters. The van der Waals surface area contributed by atoms with Crippen LogP contribution in [0.15, 0.2) is 5.16 Å². The van der Waals surface area contributed by atoms with Gasteiger partial charge in [-0.2, -0.15) is 0 Å². The zero-order valence-electron chi connectivity index (χ0n) is 8.76. The lowest BCUT2D eigenvalue weighted by atomic mass is 9.96. The van der Waals surface area contributed by atoms with Crippen molar-refractivity contribution in [3.05, 3.63) is 0 Å². The predicted molar refractivity (Wildman–Crippen MR) is 54.4 cm³/mol. The van der Waals surface area contributed by atoms with Crippen LogP contribution in [-0.2, 0) is 4.79 Å². The number of hydrogen-bond acceptors (Lipinski definition) is 4. The number of nitrogens with zero attached hydrogens (tertiary/aromatic N) is 2. The third kappa shape index (κ3) is 3.09. The van der Waals surface area contributed by atoms with Crippen LogP contribution >= 0.6 is 0 Å². The summed E-state index contributed by atoms with van der Waals surface area (Å²) in [5.74, 6) is -0.0951. The summed E-state index contributed by atoms with van der Waals surface area (Å²) in [6.45, 7) is 2.91. The largest absolute Gasteiger partial charge is 0.409 e. The molecule has 0 saturated carbocycles. The van der Waals surface area contributed by atoms with Crippen LogP contribution in [0.3, 0.4) is 0 Å². The van der Waals surface area contributed by atoms with Gasteiger partial charge >= 0.3 is 0 Å². The molecule has 4 N–H and O–H groups in total. The maximum atomic E-state index is 11.6. The van der Waals surface area contributed by atoms with Gasteiger partial charge in [-0.1, -0.05) is 12.1 Å². The highest BCUT2D eigenvalue weighted by molar-refractivity contribution is 5.98. The van der Waals surface area contributed by atoms with Crippen LogP contribution in [0.25, 0.3) is 0 Å². The third-order valence-corrected chi connectivity index (χ3v) is 2.73. The first-order chi connectivity index (χ1) is 7.04. The van der Waals surface area contributed by atoms with Gasteiger partial charge in [0.05, 0.1) is 12.5 Å². The summed E-state index contributed by atoms with van der Waals surface area (Å²) < 4.78 is 0. The summed E-state index contributed by atoms with van der Waals surface area (Å²) >= 11 is 0. The van der Waals surface area contributed by atoms with Crippen molar-refractivity contribution in [2.75, 3.05) is 13.1 Å². The van der Waals surface area contributed by atoms with E-state index in [2.05, 4.69) is 5.16 Å². The fraction of sp³-hybridized carbons (Fsp3) is 0.778. The monoisotopic (exact) mass is 215 g/mol. The number of carbonyl (C=O) groups is 1. The van der Waals surface area contributed by atoms with E-state index in [1.165, 1.54) is 0 Å². The summed E-state index contributed by atoms with van der Waals surface area (Å²) in [5.41, 5.74) is 5.23. The first kappa shape index (κ1) is 11.8. The van der Waals surface area contributed by atoms with Crippen LogP contribution < -0.4 is 5.73 Å². The van der Waals surface area contributed by atoms with Gasteiger partial charge in [-0.3, -0.25) is 4.79 Å². The van der Waals surface area contributed by atoms with Crippen molar-refractivity contribution in [2.24, 2.45) is 16.8 Å². The fourth-order valence-corrected chi connectivity index (χ4v) is 1.58. The van der Waals surface area contributed by atoms with Crippen LogP contribution in [0.1, 0.15) is 19.8 Å². The van der Waals surface area contributed by atoms with E-state index in [1.807, 2.05) is 6.92 Å². The molecule has 0 aromatic heterocycles. The lowest BCUT2D eigenvalue weighted by Gasteiger charge is -2.34. The molecule has 1 saturated heterocycles. The molecule has 0 aliphatic carbocycles. The van der Waals surface area contributed by atoms with E-state index in [4.69, 9.17) is 10.9 Å². The second-order valence-corrected chi connectivity index (χ2v) is 3.94. The van der Waals surface area contributed by atoms with Gasteiger partial charge in [-0.15, -0.1) is 0 Å². The number of aliphatic hydroxyl groups excluding tert-OH is 1. The Balaban J connectivity index is 2.48. The van der Waals surface area contributed by atoms with E-state index in [0.717, 1.165) is 6.42 Å². The smallest absolute Gasteiger partial charge is 0.230 e. The summed E-state index contributed by atoms with van der Waals surface area (Å²) in [7, 11) is 0. The molecule has 0 radical (unpaired) electrons. The molecule has 1 aliphatic rings. The normalized spacial score (nSPS) is 27.9. The first-order valence-electron chi connectivity index (χ1n) is 4.96. The Hall–Kier alpha value is -1.30. The minimum absolute atomic E-state index is 0.0996. The molecule has 0 aromatic carbocycles. The summed E-state index contributed by atoms with van der Waals surface area (Å²) in [5, 5.41) is 20.6. The lowest BCUT2D eigenvalue weighted by molar-refractivity contribution is -0.134. The number of rotatable bonds is 2. The van der Waals surface area contributed by atoms with Gasteiger partial charge < -0.3 is 20.9 Å². The predicted octanol–water partition coefficient (Wildman–Crippen LogP) is -0.648. The van der Waals surface area contributed by atoms with E-state index in [9.17, 15) is 9.90 Å². The molecule has 6 heteroatoms. The van der Waals surface area contributed by atoms with E-state index in [0.29, 0.717) is 13.1 Å². The highest BCUT2D eigenvalue weighted by atomic mass is 16.4. The Bertz CT molecular complexity index is 267. The van der Waals surface area contributed by atoms with Crippen LogP contribution in [0.4, 0.5) is 0 Å². The number of piperidine rings is 1. The quantitative estimate of drug-likeness (QED) is 0.247. The zero-order valence-corrected chi connectivity index (χ0v) is 8.76. The average Bonchev–Trinajstić information content (AvgIpc) is 2.21. The second-order valence-electron chi connectivity index (χ2n) is 3.94. The molecule has 1 fully saturated rings. The SMILES string of the molecule is CC1CCN(C(=O)CC(N)=NO)CC1O. The molecule has 0 bridgehead atoms. The van der Waals surface area contributed by atoms with E-state index < -0.39 is 6.10 Å². The van der Waals surface area contributed by atoms with Gasteiger partial charge in [-0.05, 0) is 12.3 Å². The number of hydrogen-bond donors (Lipinski definition) is 3. The van der Waals surface area contributed by atoms with Gasteiger partial charge in [0, 0.05) is 13.1 Å². The molecule has 2 atom stereocenters. The Morgan fingerprint density at radius 2 is 2.33 bits per heavy atom. The number of amidine groups is 1. The molecule has 0 spiro atoms. The van der Waals surface area contributed by atoms with Gasteiger partial charge in [0.1, 0.15) is 5.84 Å². The van der Waals surface area contributed by atoms with Crippen molar-refractivity contribution < 1.29 is 15.1 Å². The molecule has 1 rings (SSSR count). The Morgan fingerprint density at radius 3 is 2.87 bits per heavy atom.